The van der Waals surface area contributed by atoms with Gasteiger partial charge in [0, 0.05) is 12.6 Å². The van der Waals surface area contributed by atoms with E-state index in [1.54, 1.807) is 0 Å². The maximum Gasteiger partial charge on any atom is 0.0474 e. The van der Waals surface area contributed by atoms with Crippen LogP contribution >= 0.6 is 0 Å². The molecule has 0 bridgehead atoms. The van der Waals surface area contributed by atoms with Gasteiger partial charge in [0.1, 0.15) is 0 Å². The first-order chi connectivity index (χ1) is 6.77. The third-order valence-electron chi connectivity index (χ3n) is 3.57. The molecule has 14 heavy (non-hydrogen) atoms. The lowest BCUT2D eigenvalue weighted by molar-refractivity contribution is 0.150. The fourth-order valence-electron chi connectivity index (χ4n) is 2.19. The Bertz CT molecular complexity index is 149. The Morgan fingerprint density at radius 1 is 1.36 bits per heavy atom. The molecule has 0 spiro atoms. The molecule has 1 rings (SSSR count). The Labute approximate surface area is 88.1 Å². The highest BCUT2D eigenvalue weighted by molar-refractivity contribution is 4.80. The minimum absolute atomic E-state index is 0.359. The van der Waals surface area contributed by atoms with E-state index in [4.69, 9.17) is 0 Å². The third kappa shape index (κ3) is 3.58. The summed E-state index contributed by atoms with van der Waals surface area (Å²) in [4.78, 5) is 0. The van der Waals surface area contributed by atoms with Gasteiger partial charge in [0.25, 0.3) is 0 Å². The average Bonchev–Trinajstić information content (AvgIpc) is 2.26. The van der Waals surface area contributed by atoms with Crippen LogP contribution in [0.3, 0.4) is 0 Å². The second kappa shape index (κ2) is 6.41. The van der Waals surface area contributed by atoms with Crippen molar-refractivity contribution >= 4 is 0 Å². The lowest BCUT2D eigenvalue weighted by atomic mass is 9.85. The van der Waals surface area contributed by atoms with E-state index in [0.29, 0.717) is 18.6 Å². The zero-order chi connectivity index (χ0) is 10.4. The van der Waals surface area contributed by atoms with E-state index in [0.717, 1.165) is 12.5 Å². The molecule has 1 fully saturated rings. The summed E-state index contributed by atoms with van der Waals surface area (Å²) in [7, 11) is 0. The Morgan fingerprint density at radius 3 is 2.71 bits per heavy atom. The fraction of sp³-hybridized carbons (Fsp3) is 1.00. The lowest BCUT2D eigenvalue weighted by Crippen LogP contribution is -2.41. The SMILES string of the molecule is CCC(C)CNC1CCCCC1CO. The summed E-state index contributed by atoms with van der Waals surface area (Å²) in [5.74, 6) is 1.27. The van der Waals surface area contributed by atoms with E-state index in [2.05, 4.69) is 19.2 Å². The topological polar surface area (TPSA) is 32.3 Å². The first-order valence-electron chi connectivity index (χ1n) is 6.12. The van der Waals surface area contributed by atoms with E-state index in [9.17, 15) is 5.11 Å². The second-order valence-corrected chi connectivity index (χ2v) is 4.76. The van der Waals surface area contributed by atoms with Crippen LogP contribution in [0.15, 0.2) is 0 Å². The summed E-state index contributed by atoms with van der Waals surface area (Å²) < 4.78 is 0. The molecule has 0 amide bonds. The maximum atomic E-state index is 9.24. The molecule has 3 unspecified atom stereocenters. The number of aliphatic hydroxyl groups is 1. The van der Waals surface area contributed by atoms with Crippen molar-refractivity contribution in [1.29, 1.82) is 0 Å². The molecule has 2 heteroatoms. The molecule has 0 radical (unpaired) electrons. The van der Waals surface area contributed by atoms with Crippen LogP contribution in [0.2, 0.25) is 0 Å². The Kier molecular flexibility index (Phi) is 5.49. The second-order valence-electron chi connectivity index (χ2n) is 4.76. The largest absolute Gasteiger partial charge is 0.396 e. The number of hydrogen-bond acceptors (Lipinski definition) is 2. The first kappa shape index (κ1) is 12.0. The number of nitrogens with one attached hydrogen (secondary N) is 1. The third-order valence-corrected chi connectivity index (χ3v) is 3.57. The van der Waals surface area contributed by atoms with Crippen LogP contribution in [0.5, 0.6) is 0 Å². The predicted molar refractivity (Wildman–Crippen MR) is 60.3 cm³/mol. The van der Waals surface area contributed by atoms with Gasteiger partial charge in [0.15, 0.2) is 0 Å². The normalized spacial score (nSPS) is 30.2. The van der Waals surface area contributed by atoms with E-state index in [1.165, 1.54) is 32.1 Å². The Morgan fingerprint density at radius 2 is 2.07 bits per heavy atom. The minimum atomic E-state index is 0.359. The van der Waals surface area contributed by atoms with Crippen LogP contribution in [-0.2, 0) is 0 Å². The Hall–Kier alpha value is -0.0800. The van der Waals surface area contributed by atoms with Gasteiger partial charge in [-0.1, -0.05) is 33.1 Å². The summed E-state index contributed by atoms with van der Waals surface area (Å²) in [6.45, 7) is 5.98. The van der Waals surface area contributed by atoms with Gasteiger partial charge in [-0.3, -0.25) is 0 Å². The van der Waals surface area contributed by atoms with Crippen molar-refractivity contribution in [1.82, 2.24) is 5.32 Å². The molecular formula is C12H25NO. The molecule has 1 aliphatic rings. The van der Waals surface area contributed by atoms with Crippen molar-refractivity contribution in [2.24, 2.45) is 11.8 Å². The van der Waals surface area contributed by atoms with Crippen molar-refractivity contribution in [3.63, 3.8) is 0 Å². The van der Waals surface area contributed by atoms with Crippen molar-refractivity contribution < 1.29 is 5.11 Å². The van der Waals surface area contributed by atoms with Crippen LogP contribution in [0, 0.1) is 11.8 Å². The molecule has 0 saturated heterocycles. The number of hydrogen-bond donors (Lipinski definition) is 2. The molecule has 0 heterocycles. The van der Waals surface area contributed by atoms with E-state index >= 15 is 0 Å². The number of aliphatic hydroxyl groups excluding tert-OH is 1. The molecule has 2 nitrogen and oxygen atoms in total. The summed E-state index contributed by atoms with van der Waals surface area (Å²) in [5, 5.41) is 12.9. The Balaban J connectivity index is 2.26. The van der Waals surface area contributed by atoms with Crippen molar-refractivity contribution in [3.05, 3.63) is 0 Å². The quantitative estimate of drug-likeness (QED) is 0.711. The van der Waals surface area contributed by atoms with Gasteiger partial charge in [-0.2, -0.15) is 0 Å². The highest BCUT2D eigenvalue weighted by atomic mass is 16.3. The molecular weight excluding hydrogens is 174 g/mol. The minimum Gasteiger partial charge on any atom is -0.396 e. The standard InChI is InChI=1S/C12H25NO/c1-3-10(2)8-13-12-7-5-4-6-11(12)9-14/h10-14H,3-9H2,1-2H3. The van der Waals surface area contributed by atoms with Crippen LogP contribution < -0.4 is 5.32 Å². The highest BCUT2D eigenvalue weighted by Crippen LogP contribution is 2.24. The molecule has 1 saturated carbocycles. The molecule has 0 aromatic heterocycles. The first-order valence-corrected chi connectivity index (χ1v) is 6.12. The molecule has 84 valence electrons. The van der Waals surface area contributed by atoms with Gasteiger partial charge in [-0.25, -0.2) is 0 Å². The fourth-order valence-corrected chi connectivity index (χ4v) is 2.19. The van der Waals surface area contributed by atoms with Crippen LogP contribution in [0.25, 0.3) is 0 Å². The summed E-state index contributed by atoms with van der Waals surface area (Å²) >= 11 is 0. The summed E-state index contributed by atoms with van der Waals surface area (Å²) in [5.41, 5.74) is 0. The zero-order valence-electron chi connectivity index (χ0n) is 9.63. The lowest BCUT2D eigenvalue weighted by Gasteiger charge is -2.31. The van der Waals surface area contributed by atoms with E-state index in [-0.39, 0.29) is 0 Å². The molecule has 0 aliphatic heterocycles. The highest BCUT2D eigenvalue weighted by Gasteiger charge is 2.23. The van der Waals surface area contributed by atoms with Gasteiger partial charge >= 0.3 is 0 Å². The summed E-state index contributed by atoms with van der Waals surface area (Å²) in [6.07, 6.45) is 6.32. The van der Waals surface area contributed by atoms with Crippen molar-refractivity contribution in [3.8, 4) is 0 Å². The summed E-state index contributed by atoms with van der Waals surface area (Å²) in [6, 6.07) is 0.572. The van der Waals surface area contributed by atoms with Gasteiger partial charge < -0.3 is 10.4 Å². The van der Waals surface area contributed by atoms with Gasteiger partial charge in [0.05, 0.1) is 0 Å². The van der Waals surface area contributed by atoms with Crippen LogP contribution in [-0.4, -0.2) is 24.3 Å². The molecule has 1 aliphatic carbocycles. The van der Waals surface area contributed by atoms with E-state index < -0.39 is 0 Å². The predicted octanol–water partition coefficient (Wildman–Crippen LogP) is 2.17. The van der Waals surface area contributed by atoms with Gasteiger partial charge in [0.2, 0.25) is 0 Å². The average molecular weight is 199 g/mol. The molecule has 2 N–H and O–H groups in total. The van der Waals surface area contributed by atoms with Crippen LogP contribution in [0.1, 0.15) is 46.0 Å². The maximum absolute atomic E-state index is 9.24. The van der Waals surface area contributed by atoms with E-state index in [1.807, 2.05) is 0 Å². The van der Waals surface area contributed by atoms with Crippen molar-refractivity contribution in [2.75, 3.05) is 13.2 Å². The number of rotatable bonds is 5. The molecule has 0 aromatic rings. The molecule has 0 aromatic carbocycles. The van der Waals surface area contributed by atoms with Gasteiger partial charge in [-0.05, 0) is 31.2 Å². The monoisotopic (exact) mass is 199 g/mol. The van der Waals surface area contributed by atoms with Gasteiger partial charge in [-0.15, -0.1) is 0 Å². The van der Waals surface area contributed by atoms with Crippen molar-refractivity contribution in [2.45, 2.75) is 52.0 Å². The van der Waals surface area contributed by atoms with Crippen LogP contribution in [0.4, 0.5) is 0 Å². The zero-order valence-corrected chi connectivity index (χ0v) is 9.63. The smallest absolute Gasteiger partial charge is 0.0474 e. The molecule has 3 atom stereocenters.